The number of fused-ring (bicyclic) bond motifs is 12. The van der Waals surface area contributed by atoms with E-state index in [1.165, 1.54) is 43.7 Å². The lowest BCUT2D eigenvalue weighted by Crippen LogP contribution is -2.14. The Morgan fingerprint density at radius 1 is 0.422 bits per heavy atom. The Labute approximate surface area is 259 Å². The Kier molecular flexibility index (Phi) is 4.96. The van der Waals surface area contributed by atoms with E-state index in [-0.39, 0.29) is 0 Å². The maximum absolute atomic E-state index is 5.32. The van der Waals surface area contributed by atoms with E-state index >= 15 is 0 Å². The molecule has 210 valence electrons. The van der Waals surface area contributed by atoms with E-state index in [1.807, 2.05) is 0 Å². The molecule has 4 nitrogen and oxygen atoms in total. The lowest BCUT2D eigenvalue weighted by atomic mass is 9.94. The Bertz CT molecular complexity index is 2570. The first-order valence-electron chi connectivity index (χ1n) is 15.3. The summed E-state index contributed by atoms with van der Waals surface area (Å²) in [5, 5.41) is 4.94. The van der Waals surface area contributed by atoms with Gasteiger partial charge in [0.2, 0.25) is 5.95 Å². The minimum atomic E-state index is 0.872. The average Bonchev–Trinajstić information content (AvgIpc) is 3.61. The molecule has 1 aliphatic rings. The smallest absolute Gasteiger partial charge is 0.220 e. The zero-order valence-corrected chi connectivity index (χ0v) is 24.3. The van der Waals surface area contributed by atoms with Crippen LogP contribution < -0.4 is 4.90 Å². The highest BCUT2D eigenvalue weighted by Gasteiger charge is 2.30. The van der Waals surface area contributed by atoms with Crippen LogP contribution in [0.15, 0.2) is 158 Å². The Morgan fingerprint density at radius 3 is 1.89 bits per heavy atom. The van der Waals surface area contributed by atoms with E-state index in [4.69, 9.17) is 4.98 Å². The van der Waals surface area contributed by atoms with Crippen molar-refractivity contribution in [1.29, 1.82) is 0 Å². The van der Waals surface area contributed by atoms with Gasteiger partial charge in [-0.1, -0.05) is 103 Å². The first-order valence-corrected chi connectivity index (χ1v) is 15.3. The minimum Gasteiger partial charge on any atom is -0.309 e. The number of hydrogen-bond acceptors (Lipinski definition) is 2. The molecule has 4 heteroatoms. The van der Waals surface area contributed by atoms with Crippen LogP contribution in [0, 0.1) is 0 Å². The number of anilines is 3. The number of benzene rings is 7. The van der Waals surface area contributed by atoms with Crippen LogP contribution in [-0.2, 0) is 0 Å². The van der Waals surface area contributed by atoms with E-state index in [2.05, 4.69) is 172 Å². The molecule has 9 aromatic rings. The Hall–Kier alpha value is -6.13. The third-order valence-electron chi connectivity index (χ3n) is 9.23. The lowest BCUT2D eigenvalue weighted by molar-refractivity contribution is 1.05. The first kappa shape index (κ1) is 24.3. The molecule has 2 aromatic heterocycles. The minimum absolute atomic E-state index is 0.872. The second-order valence-corrected chi connectivity index (χ2v) is 11.7. The summed E-state index contributed by atoms with van der Waals surface area (Å²) in [6.07, 6.45) is 0. The molecule has 45 heavy (non-hydrogen) atoms. The third kappa shape index (κ3) is 3.39. The monoisotopic (exact) mass is 574 g/mol. The number of para-hydroxylation sites is 5. The van der Waals surface area contributed by atoms with E-state index in [1.54, 1.807) is 0 Å². The van der Waals surface area contributed by atoms with Crippen LogP contribution in [0.25, 0.3) is 66.1 Å². The second-order valence-electron chi connectivity index (χ2n) is 11.7. The summed E-state index contributed by atoms with van der Waals surface area (Å²) < 4.78 is 4.71. The molecule has 0 N–H and O–H groups in total. The summed E-state index contributed by atoms with van der Waals surface area (Å²) in [5.41, 5.74) is 11.2. The summed E-state index contributed by atoms with van der Waals surface area (Å²) in [4.78, 5) is 7.67. The van der Waals surface area contributed by atoms with Gasteiger partial charge in [0.1, 0.15) is 0 Å². The van der Waals surface area contributed by atoms with E-state index in [9.17, 15) is 0 Å². The molecule has 0 fully saturated rings. The van der Waals surface area contributed by atoms with Gasteiger partial charge in [-0.05, 0) is 65.4 Å². The Balaban J connectivity index is 1.32. The highest BCUT2D eigenvalue weighted by atomic mass is 15.3. The fraction of sp³-hybridized carbons (Fsp3) is 0. The molecule has 0 spiro atoms. The van der Waals surface area contributed by atoms with E-state index < -0.39 is 0 Å². The number of rotatable bonds is 2. The Morgan fingerprint density at radius 2 is 1.07 bits per heavy atom. The zero-order valence-electron chi connectivity index (χ0n) is 24.3. The van der Waals surface area contributed by atoms with Gasteiger partial charge >= 0.3 is 0 Å². The standard InChI is InChI=1S/C41H26N4/c1-2-15-30-27(12-1)24-25-39-40(30)33-18-5-9-22-37(33)45-38-23-10-6-19-34(38)42-41(45)44(39)29-14-11-13-28(26-29)43-35-20-7-3-16-31(35)32-17-4-8-21-36(32)43/h1-26H. The highest BCUT2D eigenvalue weighted by Crippen LogP contribution is 2.50. The van der Waals surface area contributed by atoms with Gasteiger partial charge in [-0.3, -0.25) is 9.47 Å². The summed E-state index contributed by atoms with van der Waals surface area (Å²) >= 11 is 0. The highest BCUT2D eigenvalue weighted by molar-refractivity contribution is 6.10. The van der Waals surface area contributed by atoms with Crippen LogP contribution in [0.3, 0.4) is 0 Å². The molecular weight excluding hydrogens is 548 g/mol. The van der Waals surface area contributed by atoms with Gasteiger partial charge in [0, 0.05) is 27.6 Å². The lowest BCUT2D eigenvalue weighted by Gasteiger charge is -2.26. The molecule has 0 aliphatic carbocycles. The maximum Gasteiger partial charge on any atom is 0.220 e. The summed E-state index contributed by atoms with van der Waals surface area (Å²) in [7, 11) is 0. The average molecular weight is 575 g/mol. The van der Waals surface area contributed by atoms with Crippen LogP contribution in [0.4, 0.5) is 17.3 Å². The molecule has 3 heterocycles. The SMILES string of the molecule is c1cc(N2c3ccc4ccccc4c3-c3ccccc3-n3c2nc2ccccc23)cc(-n2c3ccccc3c3ccccc32)c1. The quantitative estimate of drug-likeness (QED) is 0.205. The molecule has 7 aromatic carbocycles. The number of nitrogens with zero attached hydrogens (tertiary/aromatic N) is 4. The van der Waals surface area contributed by atoms with Crippen molar-refractivity contribution in [3.05, 3.63) is 158 Å². The molecule has 1 aliphatic heterocycles. The molecule has 0 amide bonds. The van der Waals surface area contributed by atoms with Gasteiger partial charge in [0.05, 0.1) is 39.1 Å². The van der Waals surface area contributed by atoms with Crippen LogP contribution in [0.1, 0.15) is 0 Å². The van der Waals surface area contributed by atoms with Gasteiger partial charge in [-0.25, -0.2) is 4.98 Å². The molecule has 0 atom stereocenters. The first-order chi connectivity index (χ1) is 22.3. The van der Waals surface area contributed by atoms with Crippen LogP contribution >= 0.6 is 0 Å². The maximum atomic E-state index is 5.32. The van der Waals surface area contributed by atoms with Gasteiger partial charge < -0.3 is 4.57 Å². The largest absolute Gasteiger partial charge is 0.309 e. The summed E-state index contributed by atoms with van der Waals surface area (Å²) in [6, 6.07) is 56.6. The summed E-state index contributed by atoms with van der Waals surface area (Å²) in [6.45, 7) is 0. The summed E-state index contributed by atoms with van der Waals surface area (Å²) in [5.74, 6) is 0.872. The fourth-order valence-corrected chi connectivity index (χ4v) is 7.34. The van der Waals surface area contributed by atoms with E-state index in [0.29, 0.717) is 0 Å². The van der Waals surface area contributed by atoms with E-state index in [0.717, 1.165) is 39.7 Å². The van der Waals surface area contributed by atoms with Crippen molar-refractivity contribution in [2.24, 2.45) is 0 Å². The molecule has 0 saturated heterocycles. The second kappa shape index (κ2) is 9.18. The van der Waals surface area contributed by atoms with Gasteiger partial charge in [0.15, 0.2) is 0 Å². The van der Waals surface area contributed by atoms with Crippen molar-refractivity contribution in [3.63, 3.8) is 0 Å². The zero-order chi connectivity index (χ0) is 29.5. The van der Waals surface area contributed by atoms with Crippen LogP contribution in [-0.4, -0.2) is 14.1 Å². The molecule has 0 unspecified atom stereocenters. The number of hydrogen-bond donors (Lipinski definition) is 0. The predicted molar refractivity (Wildman–Crippen MR) is 187 cm³/mol. The fourth-order valence-electron chi connectivity index (χ4n) is 7.34. The van der Waals surface area contributed by atoms with Crippen LogP contribution in [0.2, 0.25) is 0 Å². The van der Waals surface area contributed by atoms with Crippen molar-refractivity contribution >= 4 is 60.9 Å². The van der Waals surface area contributed by atoms with Gasteiger partial charge in [0.25, 0.3) is 0 Å². The molecule has 0 radical (unpaired) electrons. The van der Waals surface area contributed by atoms with Crippen molar-refractivity contribution in [2.45, 2.75) is 0 Å². The molecule has 0 bridgehead atoms. The van der Waals surface area contributed by atoms with Crippen molar-refractivity contribution in [2.75, 3.05) is 4.90 Å². The van der Waals surface area contributed by atoms with Crippen molar-refractivity contribution in [3.8, 4) is 22.5 Å². The molecule has 0 saturated carbocycles. The van der Waals surface area contributed by atoms with Gasteiger partial charge in [-0.15, -0.1) is 0 Å². The van der Waals surface area contributed by atoms with Crippen molar-refractivity contribution < 1.29 is 0 Å². The predicted octanol–water partition coefficient (Wildman–Crippen LogP) is 10.7. The molecular formula is C41H26N4. The van der Waals surface area contributed by atoms with Crippen molar-refractivity contribution in [1.82, 2.24) is 14.1 Å². The number of imidazole rings is 1. The normalized spacial score (nSPS) is 12.4. The molecule has 10 rings (SSSR count). The third-order valence-corrected chi connectivity index (χ3v) is 9.23. The topological polar surface area (TPSA) is 26.0 Å². The van der Waals surface area contributed by atoms with Gasteiger partial charge in [-0.2, -0.15) is 0 Å². The van der Waals surface area contributed by atoms with Crippen LogP contribution in [0.5, 0.6) is 0 Å². The number of aromatic nitrogens is 3.